The van der Waals surface area contributed by atoms with E-state index in [1.807, 2.05) is 19.9 Å². The summed E-state index contributed by atoms with van der Waals surface area (Å²) in [7, 11) is -3.91. The summed E-state index contributed by atoms with van der Waals surface area (Å²) in [5.74, 6) is 1.17. The average molecular weight is 462 g/mol. The molecule has 0 aromatic heterocycles. The quantitative estimate of drug-likeness (QED) is 0.587. The lowest BCUT2D eigenvalue weighted by Crippen LogP contribution is -2.58. The van der Waals surface area contributed by atoms with E-state index in [9.17, 15) is 18.0 Å². The van der Waals surface area contributed by atoms with Gasteiger partial charge in [0.1, 0.15) is 0 Å². The van der Waals surface area contributed by atoms with E-state index >= 15 is 0 Å². The van der Waals surface area contributed by atoms with E-state index in [4.69, 9.17) is 0 Å². The van der Waals surface area contributed by atoms with E-state index in [0.717, 1.165) is 30.4 Å². The molecule has 4 saturated carbocycles. The first-order chi connectivity index (χ1) is 14.9. The second kappa shape index (κ2) is 8.13. The van der Waals surface area contributed by atoms with Gasteiger partial charge in [0, 0.05) is 0 Å². The van der Waals surface area contributed by atoms with Crippen molar-refractivity contribution in [2.24, 2.45) is 23.2 Å². The molecule has 4 aliphatic carbocycles. The Bertz CT molecular complexity index is 1000. The van der Waals surface area contributed by atoms with Crippen molar-refractivity contribution in [1.82, 2.24) is 15.6 Å². The molecule has 3 N–H and O–H groups in total. The Balaban J connectivity index is 1.40. The zero-order chi connectivity index (χ0) is 23.4. The topological polar surface area (TPSA) is 104 Å². The molecule has 32 heavy (non-hydrogen) atoms. The molecule has 7 nitrogen and oxygen atoms in total. The minimum absolute atomic E-state index is 0.124. The molecule has 1 aromatic carbocycles. The van der Waals surface area contributed by atoms with Gasteiger partial charge in [0.15, 0.2) is 0 Å². The zero-order valence-electron chi connectivity index (χ0n) is 19.7. The molecule has 2 amide bonds. The van der Waals surface area contributed by atoms with Crippen molar-refractivity contribution in [1.29, 1.82) is 0 Å². The molecule has 0 radical (unpaired) electrons. The lowest BCUT2D eigenvalue weighted by Gasteiger charge is -2.55. The molecule has 0 saturated heterocycles. The molecule has 1 unspecified atom stereocenters. The fourth-order valence-electron chi connectivity index (χ4n) is 6.68. The smallest absolute Gasteiger partial charge is 0.256 e. The van der Waals surface area contributed by atoms with E-state index < -0.39 is 22.0 Å². The zero-order valence-corrected chi connectivity index (χ0v) is 20.5. The van der Waals surface area contributed by atoms with Gasteiger partial charge in [-0.05, 0) is 113 Å². The molecule has 5 rings (SSSR count). The normalized spacial score (nSPS) is 29.6. The number of benzene rings is 1. The largest absolute Gasteiger partial charge is 0.273 e. The molecule has 1 atom stereocenters. The highest BCUT2D eigenvalue weighted by atomic mass is 32.2. The molecule has 4 fully saturated rings. The first kappa shape index (κ1) is 23.2. The predicted molar refractivity (Wildman–Crippen MR) is 122 cm³/mol. The minimum Gasteiger partial charge on any atom is -0.273 e. The molecule has 0 spiro atoms. The van der Waals surface area contributed by atoms with Crippen LogP contribution in [-0.4, -0.2) is 26.3 Å². The minimum atomic E-state index is -3.91. The van der Waals surface area contributed by atoms with Crippen LogP contribution in [0.3, 0.4) is 0 Å². The van der Waals surface area contributed by atoms with Crippen LogP contribution in [-0.2, 0) is 19.6 Å². The van der Waals surface area contributed by atoms with E-state index in [2.05, 4.69) is 15.6 Å². The fraction of sp³-hybridized carbons (Fsp3) is 0.667. The highest BCUT2D eigenvalue weighted by Gasteiger charge is 2.54. The van der Waals surface area contributed by atoms with Crippen molar-refractivity contribution >= 4 is 21.8 Å². The molecule has 8 heteroatoms. The number of carbonyl (C=O) groups excluding carboxylic acids is 2. The fourth-order valence-corrected chi connectivity index (χ4v) is 8.50. The van der Waals surface area contributed by atoms with Gasteiger partial charge in [-0.1, -0.05) is 6.07 Å². The van der Waals surface area contributed by atoms with E-state index in [0.29, 0.717) is 28.9 Å². The van der Waals surface area contributed by atoms with E-state index in [1.165, 1.54) is 26.2 Å². The number of hydrogen-bond donors (Lipinski definition) is 3. The standard InChI is InChI=1S/C24H35N3O4S/c1-13-6-14(2)16(4)21(15(13)3)32(30,31)27-17(5)22(28)25-26-23(29)24-10-18-7-19(11-24)9-20(8-18)12-24/h6,17-20,27H,7-12H2,1-5H3,(H,25,28)(H,26,29). The van der Waals surface area contributed by atoms with Crippen molar-refractivity contribution in [3.63, 3.8) is 0 Å². The maximum Gasteiger partial charge on any atom is 0.256 e. The Morgan fingerprint density at radius 1 is 0.906 bits per heavy atom. The SMILES string of the molecule is Cc1cc(C)c(C)c(S(=O)(=O)NC(C)C(=O)NNC(=O)C23CC4CC(CC(C4)C2)C3)c1C. The van der Waals surface area contributed by atoms with Gasteiger partial charge in [0.05, 0.1) is 16.4 Å². The van der Waals surface area contributed by atoms with Gasteiger partial charge < -0.3 is 0 Å². The van der Waals surface area contributed by atoms with Crippen molar-refractivity contribution in [2.45, 2.75) is 84.1 Å². The third kappa shape index (κ3) is 4.07. The summed E-state index contributed by atoms with van der Waals surface area (Å²) in [4.78, 5) is 25.9. The van der Waals surface area contributed by atoms with Crippen molar-refractivity contribution in [2.75, 3.05) is 0 Å². The Labute approximate surface area is 191 Å². The molecule has 0 heterocycles. The number of rotatable bonds is 5. The van der Waals surface area contributed by atoms with Gasteiger partial charge in [-0.25, -0.2) is 8.42 Å². The van der Waals surface area contributed by atoms with Crippen LogP contribution in [0.2, 0.25) is 0 Å². The Kier molecular flexibility index (Phi) is 5.91. The summed E-state index contributed by atoms with van der Waals surface area (Å²) in [5.41, 5.74) is 7.81. The number of nitrogens with one attached hydrogen (secondary N) is 3. The van der Waals surface area contributed by atoms with Crippen LogP contribution in [0.15, 0.2) is 11.0 Å². The average Bonchev–Trinajstić information content (AvgIpc) is 2.68. The second-order valence-electron chi connectivity index (χ2n) is 10.6. The van der Waals surface area contributed by atoms with Crippen LogP contribution < -0.4 is 15.6 Å². The Morgan fingerprint density at radius 2 is 1.38 bits per heavy atom. The molecule has 4 bridgehead atoms. The molecule has 0 aliphatic heterocycles. The third-order valence-corrected chi connectivity index (χ3v) is 9.92. The maximum atomic E-state index is 13.1. The second-order valence-corrected chi connectivity index (χ2v) is 12.2. The summed E-state index contributed by atoms with van der Waals surface area (Å²) in [6, 6.07) is 0.927. The summed E-state index contributed by atoms with van der Waals surface area (Å²) in [6.45, 7) is 8.77. The summed E-state index contributed by atoms with van der Waals surface area (Å²) < 4.78 is 28.6. The number of aryl methyl sites for hydroxylation is 2. The van der Waals surface area contributed by atoms with Gasteiger partial charge in [0.25, 0.3) is 5.91 Å². The van der Waals surface area contributed by atoms with Crippen LogP contribution in [0.5, 0.6) is 0 Å². The van der Waals surface area contributed by atoms with Gasteiger partial charge in [-0.3, -0.25) is 20.4 Å². The lowest BCUT2D eigenvalue weighted by atomic mass is 9.49. The maximum absolute atomic E-state index is 13.1. The molecule has 1 aromatic rings. The molecular formula is C24H35N3O4S. The number of hydrogen-bond acceptors (Lipinski definition) is 4. The number of hydrazine groups is 1. The van der Waals surface area contributed by atoms with Gasteiger partial charge >= 0.3 is 0 Å². The molecular weight excluding hydrogens is 426 g/mol. The van der Waals surface area contributed by atoms with Crippen LogP contribution in [0, 0.1) is 50.9 Å². The van der Waals surface area contributed by atoms with E-state index in [-0.39, 0.29) is 16.2 Å². The first-order valence-corrected chi connectivity index (χ1v) is 13.1. The number of amides is 2. The van der Waals surface area contributed by atoms with Gasteiger partial charge in [-0.15, -0.1) is 0 Å². The van der Waals surface area contributed by atoms with Crippen LogP contribution in [0.25, 0.3) is 0 Å². The van der Waals surface area contributed by atoms with Gasteiger partial charge in [-0.2, -0.15) is 4.72 Å². The van der Waals surface area contributed by atoms with Crippen molar-refractivity contribution in [3.8, 4) is 0 Å². The highest BCUT2D eigenvalue weighted by Crippen LogP contribution is 2.60. The first-order valence-electron chi connectivity index (χ1n) is 11.6. The lowest BCUT2D eigenvalue weighted by molar-refractivity contribution is -0.149. The predicted octanol–water partition coefficient (Wildman–Crippen LogP) is 2.95. The van der Waals surface area contributed by atoms with Gasteiger partial charge in [0.2, 0.25) is 15.9 Å². The summed E-state index contributed by atoms with van der Waals surface area (Å²) >= 11 is 0. The van der Waals surface area contributed by atoms with Crippen LogP contribution in [0.1, 0.15) is 67.7 Å². The third-order valence-electron chi connectivity index (χ3n) is 8.11. The Hall–Kier alpha value is -1.93. The number of sulfonamides is 1. The Morgan fingerprint density at radius 3 is 1.84 bits per heavy atom. The van der Waals surface area contributed by atoms with Crippen LogP contribution >= 0.6 is 0 Å². The summed E-state index contributed by atoms with van der Waals surface area (Å²) in [5, 5.41) is 0. The van der Waals surface area contributed by atoms with E-state index in [1.54, 1.807) is 13.8 Å². The molecule has 4 aliphatic rings. The van der Waals surface area contributed by atoms with Crippen molar-refractivity contribution < 1.29 is 18.0 Å². The van der Waals surface area contributed by atoms with Crippen molar-refractivity contribution in [3.05, 3.63) is 28.3 Å². The highest BCUT2D eigenvalue weighted by molar-refractivity contribution is 7.89. The van der Waals surface area contributed by atoms with Crippen LogP contribution in [0.4, 0.5) is 0 Å². The monoisotopic (exact) mass is 461 g/mol. The number of carbonyl (C=O) groups is 2. The molecule has 176 valence electrons. The summed E-state index contributed by atoms with van der Waals surface area (Å²) in [6.07, 6.45) is 6.38.